The molecule has 122 valence electrons. The summed E-state index contributed by atoms with van der Waals surface area (Å²) in [5, 5.41) is 9.02. The molecule has 0 unspecified atom stereocenters. The Kier molecular flexibility index (Phi) is 3.56. The van der Waals surface area contributed by atoms with Crippen LogP contribution >= 0.6 is 0 Å². The van der Waals surface area contributed by atoms with Crippen molar-refractivity contribution in [2.45, 2.75) is 6.92 Å². The predicted molar refractivity (Wildman–Crippen MR) is 85.6 cm³/mol. The van der Waals surface area contributed by atoms with E-state index in [1.54, 1.807) is 25.1 Å². The molecule has 7 heteroatoms. The number of hydrogen-bond donors (Lipinski definition) is 2. The Labute approximate surface area is 134 Å². The number of benzene rings is 2. The fraction of sp³-hybridized carbons (Fsp3) is 0.0588. The fourth-order valence-electron chi connectivity index (χ4n) is 2.62. The summed E-state index contributed by atoms with van der Waals surface area (Å²) in [6.45, 7) is 1.73. The highest BCUT2D eigenvalue weighted by Crippen LogP contribution is 2.24. The quantitative estimate of drug-likeness (QED) is 0.708. The van der Waals surface area contributed by atoms with Crippen molar-refractivity contribution < 1.29 is 18.7 Å². The molecule has 0 amide bonds. The van der Waals surface area contributed by atoms with E-state index in [4.69, 9.17) is 5.73 Å². The van der Waals surface area contributed by atoms with Crippen LogP contribution in [0, 0.1) is 18.6 Å². The highest BCUT2D eigenvalue weighted by molar-refractivity contribution is 5.93. The minimum Gasteiger partial charge on any atom is -0.477 e. The van der Waals surface area contributed by atoms with Crippen LogP contribution in [0.25, 0.3) is 16.6 Å². The molecule has 0 aliphatic heterocycles. The van der Waals surface area contributed by atoms with Gasteiger partial charge in [-0.2, -0.15) is 0 Å². The van der Waals surface area contributed by atoms with Gasteiger partial charge in [0.15, 0.2) is 11.6 Å². The van der Waals surface area contributed by atoms with E-state index in [2.05, 4.69) is 0 Å². The number of aromatic carboxylic acids is 1. The van der Waals surface area contributed by atoms with Crippen LogP contribution in [0.2, 0.25) is 0 Å². The van der Waals surface area contributed by atoms with Crippen LogP contribution in [0.3, 0.4) is 0 Å². The Hall–Kier alpha value is -3.22. The molecule has 0 radical (unpaired) electrons. The van der Waals surface area contributed by atoms with Crippen LogP contribution in [-0.4, -0.2) is 15.6 Å². The fourth-order valence-corrected chi connectivity index (χ4v) is 2.62. The minimum absolute atomic E-state index is 0.0665. The number of carboxylic acid groups (broad SMARTS) is 1. The largest absolute Gasteiger partial charge is 0.477 e. The van der Waals surface area contributed by atoms with Gasteiger partial charge in [0.2, 0.25) is 5.43 Å². The summed E-state index contributed by atoms with van der Waals surface area (Å²) >= 11 is 0. The van der Waals surface area contributed by atoms with Crippen LogP contribution in [0.4, 0.5) is 14.5 Å². The zero-order valence-electron chi connectivity index (χ0n) is 12.5. The van der Waals surface area contributed by atoms with Crippen molar-refractivity contribution >= 4 is 22.6 Å². The molecule has 0 saturated carbocycles. The second kappa shape index (κ2) is 5.45. The van der Waals surface area contributed by atoms with Crippen LogP contribution in [0.1, 0.15) is 15.9 Å². The third-order valence-electron chi connectivity index (χ3n) is 3.76. The third kappa shape index (κ3) is 2.40. The Morgan fingerprint density at radius 1 is 1.17 bits per heavy atom. The van der Waals surface area contributed by atoms with Crippen LogP contribution in [0.15, 0.2) is 41.3 Å². The van der Waals surface area contributed by atoms with Gasteiger partial charge in [-0.15, -0.1) is 0 Å². The first kappa shape index (κ1) is 15.7. The number of aryl methyl sites for hydroxylation is 1. The van der Waals surface area contributed by atoms with Crippen molar-refractivity contribution in [1.29, 1.82) is 0 Å². The number of nitrogen functional groups attached to an aromatic ring is 1. The topological polar surface area (TPSA) is 85.3 Å². The number of fused-ring (bicyclic) bond motifs is 1. The molecule has 0 fully saturated rings. The summed E-state index contributed by atoms with van der Waals surface area (Å²) in [6, 6.07) is 6.43. The van der Waals surface area contributed by atoms with Gasteiger partial charge in [0.05, 0.1) is 10.9 Å². The SMILES string of the molecule is Cc1cc(N)ccc1-n1cc(C(=O)O)c(=O)c2cc(F)c(F)cc21. The minimum atomic E-state index is -1.45. The average Bonchev–Trinajstić information content (AvgIpc) is 2.50. The van der Waals surface area contributed by atoms with Crippen LogP contribution in [0.5, 0.6) is 0 Å². The highest BCUT2D eigenvalue weighted by atomic mass is 19.2. The van der Waals surface area contributed by atoms with Gasteiger partial charge >= 0.3 is 5.97 Å². The summed E-state index contributed by atoms with van der Waals surface area (Å²) in [5.41, 5.74) is 6.04. The van der Waals surface area contributed by atoms with Crippen molar-refractivity contribution in [3.8, 4) is 5.69 Å². The van der Waals surface area contributed by atoms with E-state index in [1.165, 1.54) is 4.57 Å². The molecular formula is C17H12F2N2O3. The molecule has 0 atom stereocenters. The van der Waals surface area contributed by atoms with E-state index < -0.39 is 28.6 Å². The van der Waals surface area contributed by atoms with E-state index in [-0.39, 0.29) is 10.9 Å². The number of nitrogens with zero attached hydrogens (tertiary/aromatic N) is 1. The maximum atomic E-state index is 13.7. The van der Waals surface area contributed by atoms with E-state index in [0.717, 1.165) is 12.3 Å². The lowest BCUT2D eigenvalue weighted by atomic mass is 10.1. The monoisotopic (exact) mass is 330 g/mol. The summed E-state index contributed by atoms with van der Waals surface area (Å²) in [6.07, 6.45) is 1.10. The lowest BCUT2D eigenvalue weighted by Gasteiger charge is -2.15. The number of hydrogen-bond acceptors (Lipinski definition) is 3. The average molecular weight is 330 g/mol. The van der Waals surface area contributed by atoms with Gasteiger partial charge in [0, 0.05) is 23.6 Å². The number of anilines is 1. The van der Waals surface area contributed by atoms with Crippen molar-refractivity contribution in [3.63, 3.8) is 0 Å². The maximum absolute atomic E-state index is 13.7. The zero-order chi connectivity index (χ0) is 17.6. The molecule has 2 aromatic carbocycles. The number of rotatable bonds is 2. The van der Waals surface area contributed by atoms with E-state index in [1.807, 2.05) is 0 Å². The second-order valence-electron chi connectivity index (χ2n) is 5.38. The summed E-state index contributed by atoms with van der Waals surface area (Å²) in [7, 11) is 0. The molecule has 3 rings (SSSR count). The lowest BCUT2D eigenvalue weighted by molar-refractivity contribution is 0.0695. The first-order chi connectivity index (χ1) is 11.3. The first-order valence-electron chi connectivity index (χ1n) is 6.94. The molecule has 0 aliphatic carbocycles. The molecule has 1 aromatic heterocycles. The predicted octanol–water partition coefficient (Wildman–Crippen LogP) is 2.86. The Bertz CT molecular complexity index is 1060. The van der Waals surface area contributed by atoms with E-state index >= 15 is 0 Å². The lowest BCUT2D eigenvalue weighted by Crippen LogP contribution is -2.19. The van der Waals surface area contributed by atoms with Gasteiger partial charge in [0.25, 0.3) is 0 Å². The number of carbonyl (C=O) groups is 1. The van der Waals surface area contributed by atoms with Crippen molar-refractivity contribution in [1.82, 2.24) is 4.57 Å². The van der Waals surface area contributed by atoms with Crippen molar-refractivity contribution in [2.75, 3.05) is 5.73 Å². The smallest absolute Gasteiger partial charge is 0.341 e. The van der Waals surface area contributed by atoms with Crippen molar-refractivity contribution in [2.24, 2.45) is 0 Å². The van der Waals surface area contributed by atoms with E-state index in [9.17, 15) is 23.5 Å². The number of pyridine rings is 1. The van der Waals surface area contributed by atoms with Gasteiger partial charge in [0.1, 0.15) is 5.56 Å². The third-order valence-corrected chi connectivity index (χ3v) is 3.76. The Morgan fingerprint density at radius 2 is 1.83 bits per heavy atom. The molecule has 0 aliphatic rings. The molecular weight excluding hydrogens is 318 g/mol. The summed E-state index contributed by atoms with van der Waals surface area (Å²) in [4.78, 5) is 23.6. The van der Waals surface area contributed by atoms with Crippen molar-refractivity contribution in [3.05, 3.63) is 69.5 Å². The van der Waals surface area contributed by atoms with Gasteiger partial charge in [-0.1, -0.05) is 0 Å². The Morgan fingerprint density at radius 3 is 2.46 bits per heavy atom. The molecule has 1 heterocycles. The van der Waals surface area contributed by atoms with Gasteiger partial charge in [-0.3, -0.25) is 4.79 Å². The molecule has 24 heavy (non-hydrogen) atoms. The Balaban J connectivity index is 2.50. The number of aromatic nitrogens is 1. The normalized spacial score (nSPS) is 11.0. The summed E-state index contributed by atoms with van der Waals surface area (Å²) in [5.74, 6) is -3.80. The highest BCUT2D eigenvalue weighted by Gasteiger charge is 2.18. The molecule has 3 N–H and O–H groups in total. The van der Waals surface area contributed by atoms with Gasteiger partial charge in [-0.05, 0) is 36.8 Å². The van der Waals surface area contributed by atoms with Crippen LogP contribution in [-0.2, 0) is 0 Å². The zero-order valence-corrected chi connectivity index (χ0v) is 12.5. The molecule has 0 bridgehead atoms. The standard InChI is InChI=1S/C17H12F2N2O3/c1-8-4-9(20)2-3-14(8)21-7-11(17(23)24)16(22)10-5-12(18)13(19)6-15(10)21/h2-7H,20H2,1H3,(H,23,24). The first-order valence-corrected chi connectivity index (χ1v) is 6.94. The molecule has 0 spiro atoms. The maximum Gasteiger partial charge on any atom is 0.341 e. The van der Waals surface area contributed by atoms with Gasteiger partial charge < -0.3 is 15.4 Å². The molecule has 5 nitrogen and oxygen atoms in total. The number of nitrogens with two attached hydrogens (primary N) is 1. The van der Waals surface area contributed by atoms with Crippen LogP contribution < -0.4 is 11.2 Å². The summed E-state index contributed by atoms with van der Waals surface area (Å²) < 4.78 is 28.6. The van der Waals surface area contributed by atoms with Gasteiger partial charge in [-0.25, -0.2) is 13.6 Å². The van der Waals surface area contributed by atoms with E-state index in [0.29, 0.717) is 23.0 Å². The molecule has 0 saturated heterocycles. The second-order valence-corrected chi connectivity index (χ2v) is 5.38. The number of carboxylic acids is 1. The molecule has 3 aromatic rings. The number of halogens is 2.